The van der Waals surface area contributed by atoms with Gasteiger partial charge in [0.05, 0.1) is 36.6 Å². The molecule has 6 aliphatic rings. The molecule has 1 aromatic heterocycles. The number of aromatic amines is 1. The van der Waals surface area contributed by atoms with E-state index in [1.54, 1.807) is 68.5 Å². The van der Waals surface area contributed by atoms with Crippen molar-refractivity contribution in [2.24, 2.45) is 41.4 Å². The van der Waals surface area contributed by atoms with Gasteiger partial charge in [0.25, 0.3) is 0 Å². The summed E-state index contributed by atoms with van der Waals surface area (Å²) in [5.74, 6) is 0.602. The van der Waals surface area contributed by atoms with E-state index < -0.39 is 46.8 Å². The molecule has 15 heteroatoms. The highest BCUT2D eigenvalue weighted by atomic mass is 33.1. The predicted octanol–water partition coefficient (Wildman–Crippen LogP) is 16.1. The van der Waals surface area contributed by atoms with Crippen LogP contribution in [0.15, 0.2) is 122 Å². The number of hydrogen-bond acceptors (Lipinski definition) is 14. The van der Waals surface area contributed by atoms with Crippen LogP contribution in [-0.4, -0.2) is 97.2 Å². The number of Topliss-reactive ketones (excluding diaryl/α,β-unsaturated/α-hetero) is 1. The molecule has 2 bridgehead atoms. The standard InChI is InChI=1S/C79H96N2O9S4/c1-5-51-22-23-52-15-9-17-62-71(43-82)94-93-45-58-37-72(86)79(66-46-92-91-44-56-14-6-7-19-69(56)90-70-36-55(66)25-26-67(70)84,77(88)74(58)75(87)57(34-50-28-31-80-42-50)35-53-24-27-68(85)76(89-4)64(53)41-63(51)73(52)62)60-38-59(39-61(83)40-60)78-29-10-16-54(65(78)18-11-30-81-78)33-49-13-8-12-48(32-49)21-20-47(2)3/h8-9,12-13,15,17,22-28,31-32,36,38-40,42,47,54,56-58,65-66,69,71-72,74-75,80-87H,5-7,10-11,14,16,18-21,29-30,33-35,37,41,43-46H2,1-4H3/t54-,56+,57+,58-,65+,66-,69-,71-,72-,74+,75-,78-,79-/m0/s1. The summed E-state index contributed by atoms with van der Waals surface area (Å²) in [6.07, 6.45) is 15.3. The van der Waals surface area contributed by atoms with Gasteiger partial charge < -0.3 is 50.4 Å². The number of ketones is 1. The van der Waals surface area contributed by atoms with Gasteiger partial charge in [0, 0.05) is 64.9 Å². The minimum atomic E-state index is -1.77. The van der Waals surface area contributed by atoms with Crippen molar-refractivity contribution in [2.45, 2.75) is 170 Å². The molecule has 0 radical (unpaired) electrons. The fraction of sp³-hybridized carbons (Fsp3) is 0.506. The number of rotatable bonds is 13. The average Bonchev–Trinajstić information content (AvgIpc) is 0.735. The summed E-state index contributed by atoms with van der Waals surface area (Å²) in [6.45, 7) is 7.38. The van der Waals surface area contributed by atoms with Crippen molar-refractivity contribution in [2.75, 3.05) is 37.5 Å². The van der Waals surface area contributed by atoms with Gasteiger partial charge in [-0.1, -0.05) is 150 Å². The van der Waals surface area contributed by atoms with E-state index in [-0.39, 0.29) is 59.2 Å². The molecule has 0 unspecified atom stereocenters. The first kappa shape index (κ1) is 67.3. The fourth-order valence-electron chi connectivity index (χ4n) is 18.2. The topological polar surface area (TPSA) is 185 Å². The lowest BCUT2D eigenvalue weighted by Gasteiger charge is -2.54. The zero-order valence-corrected chi connectivity index (χ0v) is 58.3. The second-order valence-corrected chi connectivity index (χ2v) is 33.9. The number of benzene rings is 6. The van der Waals surface area contributed by atoms with Gasteiger partial charge in [0.2, 0.25) is 0 Å². The Morgan fingerprint density at radius 1 is 0.755 bits per heavy atom. The number of aromatic nitrogens is 1. The second kappa shape index (κ2) is 29.5. The number of carbonyl (C=O) groups is 1. The van der Waals surface area contributed by atoms with Crippen molar-refractivity contribution in [3.63, 3.8) is 0 Å². The van der Waals surface area contributed by atoms with Crippen molar-refractivity contribution < 1.29 is 44.9 Å². The maximum atomic E-state index is 18.0. The van der Waals surface area contributed by atoms with Gasteiger partial charge in [-0.15, -0.1) is 0 Å². The van der Waals surface area contributed by atoms with Gasteiger partial charge in [-0.05, 0) is 229 Å². The van der Waals surface area contributed by atoms with Gasteiger partial charge >= 0.3 is 0 Å². The summed E-state index contributed by atoms with van der Waals surface area (Å²) in [6, 6.07) is 36.9. The molecule has 4 heterocycles. The second-order valence-electron chi connectivity index (χ2n) is 28.7. The number of aliphatic hydroxyl groups excluding tert-OH is 3. The van der Waals surface area contributed by atoms with Crippen molar-refractivity contribution in [3.05, 3.63) is 183 Å². The molecule has 0 spiro atoms. The van der Waals surface area contributed by atoms with Crippen molar-refractivity contribution in [1.82, 2.24) is 10.3 Å². The van der Waals surface area contributed by atoms with E-state index in [1.165, 1.54) is 11.1 Å². The van der Waals surface area contributed by atoms with Gasteiger partial charge in [-0.3, -0.25) is 4.79 Å². The molecular weight excluding hydrogens is 1250 g/mol. The van der Waals surface area contributed by atoms with Crippen LogP contribution in [0, 0.1) is 41.4 Å². The molecule has 8 N–H and O–H groups in total. The Hall–Kier alpha value is -5.23. The SMILES string of the molecule is CCc1ccc2cccc3c2c1Cc1c(ccc(O)c1OC)C[C@@H](Cc1cc[nH]c1)[C@H](O)[C@@H]1C(=O)[C@@](c2cc(O)cc([C@@]45CCC[C@@H](Cc6cccc(CCC(C)C)c6)[C@H]4CCCN5)c2)([C@H]2CSSC[C@H]4CCCC[C@@H]4Oc4cc2ccc4O)[C@@H](O)C[C@H]1CSS[C@H]3CO. The monoisotopic (exact) mass is 1340 g/mol. The molecule has 3 aliphatic heterocycles. The first-order chi connectivity index (χ1) is 45.7. The third-order valence-corrected chi connectivity index (χ3v) is 28.2. The minimum Gasteiger partial charge on any atom is -0.508 e. The number of fused-ring (bicyclic) bond motifs is 6. The molecular formula is C79H96N2O9S4. The summed E-state index contributed by atoms with van der Waals surface area (Å²) in [5.41, 5.74) is 8.47. The quantitative estimate of drug-likeness (QED) is 0.0510. The van der Waals surface area contributed by atoms with Crippen molar-refractivity contribution in [1.29, 1.82) is 0 Å². The van der Waals surface area contributed by atoms with Crippen LogP contribution < -0.4 is 14.8 Å². The minimum absolute atomic E-state index is 0.00621. The van der Waals surface area contributed by atoms with E-state index in [2.05, 4.69) is 91.7 Å². The van der Waals surface area contributed by atoms with Gasteiger partial charge in [0.1, 0.15) is 11.9 Å². The lowest BCUT2D eigenvalue weighted by atomic mass is 9.52. The van der Waals surface area contributed by atoms with E-state index in [9.17, 15) is 30.6 Å². The average molecular weight is 1350 g/mol. The number of aliphatic hydroxyl groups is 3. The normalized spacial score (nSPS) is 29.3. The lowest BCUT2D eigenvalue weighted by molar-refractivity contribution is -0.150. The number of carbonyl (C=O) groups excluding carboxylic acids is 1. The zero-order valence-electron chi connectivity index (χ0n) is 55.1. The Morgan fingerprint density at radius 2 is 1.55 bits per heavy atom. The molecule has 4 fully saturated rings. The number of methoxy groups -OCH3 is 1. The zero-order chi connectivity index (χ0) is 65.3. The third-order valence-electron chi connectivity index (χ3n) is 22.8. The summed E-state index contributed by atoms with van der Waals surface area (Å²) >= 11 is 0. The lowest BCUT2D eigenvalue weighted by Crippen LogP contribution is -2.63. The van der Waals surface area contributed by atoms with Crippen LogP contribution >= 0.6 is 43.2 Å². The van der Waals surface area contributed by atoms with Gasteiger partial charge in [-0.25, -0.2) is 0 Å². The highest BCUT2D eigenvalue weighted by Crippen LogP contribution is 2.59. The van der Waals surface area contributed by atoms with Crippen LogP contribution in [0.3, 0.4) is 0 Å². The number of aromatic hydroxyl groups is 3. The summed E-state index contributed by atoms with van der Waals surface area (Å²) < 4.78 is 13.1. The summed E-state index contributed by atoms with van der Waals surface area (Å²) in [4.78, 5) is 21.3. The number of piperidine rings is 1. The Bertz CT molecular complexity index is 3780. The molecule has 3 aliphatic carbocycles. The van der Waals surface area contributed by atoms with Crippen molar-refractivity contribution >= 4 is 59.7 Å². The van der Waals surface area contributed by atoms with E-state index >= 15 is 4.79 Å². The smallest absolute Gasteiger partial charge is 0.164 e. The number of aryl methyl sites for hydroxylation is 2. The Labute approximate surface area is 572 Å². The number of nitrogens with one attached hydrogen (secondary N) is 2. The predicted molar refractivity (Wildman–Crippen MR) is 386 cm³/mol. The maximum absolute atomic E-state index is 18.0. The molecule has 0 amide bonds. The first-order valence-electron chi connectivity index (χ1n) is 34.9. The van der Waals surface area contributed by atoms with Crippen LogP contribution in [0.1, 0.15) is 164 Å². The molecule has 6 aromatic carbocycles. The molecule has 1 saturated heterocycles. The van der Waals surface area contributed by atoms with Crippen LogP contribution in [0.4, 0.5) is 0 Å². The number of H-pyrrole nitrogens is 1. The van der Waals surface area contributed by atoms with Gasteiger partial charge in [-0.2, -0.15) is 0 Å². The molecule has 500 valence electrons. The summed E-state index contributed by atoms with van der Waals surface area (Å²) in [5, 5.41) is 82.2. The maximum Gasteiger partial charge on any atom is 0.164 e. The molecule has 13 atom stereocenters. The Balaban J connectivity index is 0.993. The number of phenols is 3. The van der Waals surface area contributed by atoms with E-state index in [1.807, 2.05) is 42.7 Å². The highest BCUT2D eigenvalue weighted by Gasteiger charge is 2.62. The van der Waals surface area contributed by atoms with E-state index in [0.717, 1.165) is 151 Å². The fourth-order valence-corrected chi connectivity index (χ4v) is 23.9. The number of phenolic OH excluding ortho intramolecular Hbond substituents is 3. The molecule has 13 rings (SSSR count). The molecule has 11 nitrogen and oxygen atoms in total. The number of ether oxygens (including phenoxy) is 2. The first-order valence-corrected chi connectivity index (χ1v) is 39.8. The van der Waals surface area contributed by atoms with E-state index in [0.29, 0.717) is 59.7 Å². The highest BCUT2D eigenvalue weighted by molar-refractivity contribution is 8.77. The number of hydrogen-bond donors (Lipinski definition) is 8. The molecule has 3 saturated carbocycles. The Kier molecular flexibility index (Phi) is 21.1. The van der Waals surface area contributed by atoms with Crippen LogP contribution in [-0.2, 0) is 54.3 Å². The molecule has 7 aromatic rings. The van der Waals surface area contributed by atoms with Crippen LogP contribution in [0.25, 0.3) is 10.8 Å². The van der Waals surface area contributed by atoms with Crippen LogP contribution in [0.5, 0.6) is 28.7 Å². The van der Waals surface area contributed by atoms with Crippen molar-refractivity contribution in [3.8, 4) is 28.7 Å². The van der Waals surface area contributed by atoms with Crippen LogP contribution in [0.2, 0.25) is 0 Å². The van der Waals surface area contributed by atoms with Gasteiger partial charge in [0.15, 0.2) is 28.8 Å². The Morgan fingerprint density at radius 3 is 2.37 bits per heavy atom. The summed E-state index contributed by atoms with van der Waals surface area (Å²) in [7, 11) is 8.24. The largest absolute Gasteiger partial charge is 0.508 e. The van der Waals surface area contributed by atoms with E-state index in [4.69, 9.17) is 9.47 Å². The third kappa shape index (κ3) is 13.3. The molecule has 94 heavy (non-hydrogen) atoms.